The molecule has 0 saturated heterocycles. The van der Waals surface area contributed by atoms with E-state index >= 15 is 0 Å². The summed E-state index contributed by atoms with van der Waals surface area (Å²) < 4.78 is 13.3. The van der Waals surface area contributed by atoms with Crippen molar-refractivity contribution >= 4 is 44.9 Å². The van der Waals surface area contributed by atoms with Crippen LogP contribution in [0, 0.1) is 0 Å². The number of aromatic nitrogens is 1. The monoisotopic (exact) mass is 436 g/mol. The SMILES string of the molecule is CCOc1ccc2nc(SCC(=O)Nc3ccccc3Oc3ccccc3)sc2c1. The maximum Gasteiger partial charge on any atom is 0.234 e. The van der Waals surface area contributed by atoms with Crippen molar-refractivity contribution in [3.05, 3.63) is 72.8 Å². The molecule has 1 amide bonds. The summed E-state index contributed by atoms with van der Waals surface area (Å²) in [6.07, 6.45) is 0. The number of hydrogen-bond donors (Lipinski definition) is 1. The number of carbonyl (C=O) groups is 1. The number of anilines is 1. The summed E-state index contributed by atoms with van der Waals surface area (Å²) in [5, 5.41) is 2.93. The summed E-state index contributed by atoms with van der Waals surface area (Å²) in [5.74, 6) is 2.30. The van der Waals surface area contributed by atoms with Crippen LogP contribution >= 0.6 is 23.1 Å². The van der Waals surface area contributed by atoms with Gasteiger partial charge in [-0.3, -0.25) is 4.79 Å². The predicted octanol–water partition coefficient (Wildman–Crippen LogP) is 6.22. The van der Waals surface area contributed by atoms with Crippen molar-refractivity contribution in [2.45, 2.75) is 11.3 Å². The standard InChI is InChI=1S/C23H20N2O3S2/c1-2-27-17-12-13-19-21(14-17)30-23(25-19)29-15-22(26)24-18-10-6-7-11-20(18)28-16-8-4-3-5-9-16/h3-14H,2,15H2,1H3,(H,24,26). The van der Waals surface area contributed by atoms with E-state index in [0.29, 0.717) is 18.0 Å². The van der Waals surface area contributed by atoms with Crippen LogP contribution in [0.5, 0.6) is 17.2 Å². The fourth-order valence-corrected chi connectivity index (χ4v) is 4.69. The Labute approximate surface area is 183 Å². The lowest BCUT2D eigenvalue weighted by Crippen LogP contribution is -2.14. The number of rotatable bonds is 8. The van der Waals surface area contributed by atoms with E-state index in [0.717, 1.165) is 26.1 Å². The summed E-state index contributed by atoms with van der Waals surface area (Å²) in [6.45, 7) is 2.58. The van der Waals surface area contributed by atoms with Crippen molar-refractivity contribution in [2.75, 3.05) is 17.7 Å². The number of amides is 1. The molecule has 152 valence electrons. The number of benzene rings is 3. The van der Waals surface area contributed by atoms with E-state index in [1.54, 1.807) is 11.3 Å². The topological polar surface area (TPSA) is 60.5 Å². The Kier molecular flexibility index (Phi) is 6.51. The highest BCUT2D eigenvalue weighted by molar-refractivity contribution is 8.01. The second-order valence-corrected chi connectivity index (χ2v) is 8.54. The highest BCUT2D eigenvalue weighted by Crippen LogP contribution is 2.33. The van der Waals surface area contributed by atoms with Crippen molar-refractivity contribution in [3.8, 4) is 17.2 Å². The minimum atomic E-state index is -0.113. The minimum Gasteiger partial charge on any atom is -0.494 e. The Hall–Kier alpha value is -3.03. The maximum atomic E-state index is 12.5. The molecule has 0 spiro atoms. The maximum absolute atomic E-state index is 12.5. The summed E-state index contributed by atoms with van der Waals surface area (Å²) in [4.78, 5) is 17.1. The first kappa shape index (κ1) is 20.3. The van der Waals surface area contributed by atoms with Crippen LogP contribution in [0.25, 0.3) is 10.2 Å². The van der Waals surface area contributed by atoms with Gasteiger partial charge in [-0.15, -0.1) is 11.3 Å². The van der Waals surface area contributed by atoms with Gasteiger partial charge in [0.2, 0.25) is 5.91 Å². The Morgan fingerprint density at radius 2 is 1.83 bits per heavy atom. The third kappa shape index (κ3) is 5.11. The number of hydrogen-bond acceptors (Lipinski definition) is 6. The van der Waals surface area contributed by atoms with E-state index in [2.05, 4.69) is 10.3 Å². The molecule has 5 nitrogen and oxygen atoms in total. The van der Waals surface area contributed by atoms with Crippen LogP contribution in [0.15, 0.2) is 77.1 Å². The average molecular weight is 437 g/mol. The van der Waals surface area contributed by atoms with Crippen molar-refractivity contribution in [1.29, 1.82) is 0 Å². The molecule has 0 aliphatic heterocycles. The van der Waals surface area contributed by atoms with Crippen LogP contribution in [0.3, 0.4) is 0 Å². The van der Waals surface area contributed by atoms with Crippen LogP contribution in [-0.4, -0.2) is 23.3 Å². The number of ether oxygens (including phenoxy) is 2. The molecule has 0 unspecified atom stereocenters. The van der Waals surface area contributed by atoms with Crippen molar-refractivity contribution in [2.24, 2.45) is 0 Å². The van der Waals surface area contributed by atoms with E-state index in [9.17, 15) is 4.79 Å². The van der Waals surface area contributed by atoms with E-state index in [1.807, 2.05) is 79.7 Å². The van der Waals surface area contributed by atoms with Crippen LogP contribution < -0.4 is 14.8 Å². The molecule has 0 fully saturated rings. The van der Waals surface area contributed by atoms with Gasteiger partial charge in [0.05, 0.1) is 28.3 Å². The van der Waals surface area contributed by atoms with E-state index in [1.165, 1.54) is 11.8 Å². The first-order valence-corrected chi connectivity index (χ1v) is 11.3. The Bertz CT molecular complexity index is 1150. The summed E-state index contributed by atoms with van der Waals surface area (Å²) in [5.41, 5.74) is 1.55. The lowest BCUT2D eigenvalue weighted by atomic mass is 10.3. The molecule has 0 atom stereocenters. The normalized spacial score (nSPS) is 10.7. The molecular formula is C23H20N2O3S2. The molecule has 0 bridgehead atoms. The van der Waals surface area contributed by atoms with Crippen molar-refractivity contribution < 1.29 is 14.3 Å². The molecule has 1 heterocycles. The number of thioether (sulfide) groups is 1. The zero-order valence-corrected chi connectivity index (χ0v) is 18.0. The van der Waals surface area contributed by atoms with Gasteiger partial charge in [0, 0.05) is 0 Å². The molecule has 4 rings (SSSR count). The number of carbonyl (C=O) groups excluding carboxylic acids is 1. The van der Waals surface area contributed by atoms with Crippen molar-refractivity contribution in [1.82, 2.24) is 4.98 Å². The first-order valence-electron chi connectivity index (χ1n) is 9.49. The fourth-order valence-electron chi connectivity index (χ4n) is 2.79. The zero-order valence-electron chi connectivity index (χ0n) is 16.3. The van der Waals surface area contributed by atoms with E-state index in [-0.39, 0.29) is 11.7 Å². The zero-order chi connectivity index (χ0) is 20.8. The van der Waals surface area contributed by atoms with Gasteiger partial charge in [0.1, 0.15) is 11.5 Å². The number of nitrogens with zero attached hydrogens (tertiary/aromatic N) is 1. The predicted molar refractivity (Wildman–Crippen MR) is 123 cm³/mol. The van der Waals surface area contributed by atoms with Gasteiger partial charge in [-0.2, -0.15) is 0 Å². The molecule has 1 N–H and O–H groups in total. The molecule has 0 aliphatic rings. The lowest BCUT2D eigenvalue weighted by Gasteiger charge is -2.11. The smallest absolute Gasteiger partial charge is 0.234 e. The molecule has 3 aromatic carbocycles. The summed E-state index contributed by atoms with van der Waals surface area (Å²) in [6, 6.07) is 22.7. The molecule has 1 aromatic heterocycles. The highest BCUT2D eigenvalue weighted by Gasteiger charge is 2.11. The Balaban J connectivity index is 1.39. The number of thiazole rings is 1. The largest absolute Gasteiger partial charge is 0.494 e. The third-order valence-electron chi connectivity index (χ3n) is 4.11. The van der Waals surface area contributed by atoms with Crippen LogP contribution in [-0.2, 0) is 4.79 Å². The first-order chi connectivity index (χ1) is 14.7. The second-order valence-electron chi connectivity index (χ2n) is 6.29. The number of nitrogens with one attached hydrogen (secondary N) is 1. The minimum absolute atomic E-state index is 0.113. The average Bonchev–Trinajstić information content (AvgIpc) is 3.17. The number of fused-ring (bicyclic) bond motifs is 1. The van der Waals surface area contributed by atoms with Gasteiger partial charge in [-0.1, -0.05) is 42.1 Å². The van der Waals surface area contributed by atoms with E-state index < -0.39 is 0 Å². The summed E-state index contributed by atoms with van der Waals surface area (Å²) >= 11 is 2.97. The molecular weight excluding hydrogens is 416 g/mol. The second kappa shape index (κ2) is 9.65. The van der Waals surface area contributed by atoms with Gasteiger partial charge in [-0.25, -0.2) is 4.98 Å². The molecule has 30 heavy (non-hydrogen) atoms. The molecule has 7 heteroatoms. The third-order valence-corrected chi connectivity index (χ3v) is 6.27. The molecule has 4 aromatic rings. The van der Waals surface area contributed by atoms with E-state index in [4.69, 9.17) is 9.47 Å². The summed E-state index contributed by atoms with van der Waals surface area (Å²) in [7, 11) is 0. The van der Waals surface area contributed by atoms with Gasteiger partial charge in [0.15, 0.2) is 10.1 Å². The molecule has 0 saturated carbocycles. The van der Waals surface area contributed by atoms with Crippen LogP contribution in [0.4, 0.5) is 5.69 Å². The fraction of sp³-hybridized carbons (Fsp3) is 0.130. The Morgan fingerprint density at radius 1 is 1.03 bits per heavy atom. The highest BCUT2D eigenvalue weighted by atomic mass is 32.2. The molecule has 0 radical (unpaired) electrons. The van der Waals surface area contributed by atoms with Crippen molar-refractivity contribution in [3.63, 3.8) is 0 Å². The number of para-hydroxylation sites is 3. The van der Waals surface area contributed by atoms with Gasteiger partial charge >= 0.3 is 0 Å². The van der Waals surface area contributed by atoms with Gasteiger partial charge in [-0.05, 0) is 49.4 Å². The van der Waals surface area contributed by atoms with Gasteiger partial charge in [0.25, 0.3) is 0 Å². The molecule has 0 aliphatic carbocycles. The lowest BCUT2D eigenvalue weighted by molar-refractivity contribution is -0.113. The Morgan fingerprint density at radius 3 is 2.67 bits per heavy atom. The van der Waals surface area contributed by atoms with Gasteiger partial charge < -0.3 is 14.8 Å². The quantitative estimate of drug-likeness (QED) is 0.332. The van der Waals surface area contributed by atoms with Crippen LogP contribution in [0.2, 0.25) is 0 Å². The van der Waals surface area contributed by atoms with Crippen LogP contribution in [0.1, 0.15) is 6.92 Å².